The van der Waals surface area contributed by atoms with E-state index in [1.807, 2.05) is 0 Å². The molecule has 0 bridgehead atoms. The minimum atomic E-state index is -0.641. The summed E-state index contributed by atoms with van der Waals surface area (Å²) in [6.45, 7) is 0.217. The molecular formula is C21H18ClN5O4S. The number of benzene rings is 2. The van der Waals surface area contributed by atoms with E-state index in [1.165, 1.54) is 24.6 Å². The van der Waals surface area contributed by atoms with Crippen LogP contribution in [0, 0.1) is 0 Å². The van der Waals surface area contributed by atoms with Crippen molar-refractivity contribution in [2.24, 2.45) is 5.73 Å². The largest absolute Gasteiger partial charge is 0.497 e. The molecule has 164 valence electrons. The Morgan fingerprint density at radius 1 is 1.09 bits per heavy atom. The topological polar surface area (TPSA) is 114 Å². The number of hydrogen-bond donors (Lipinski definition) is 1. The number of primary amides is 1. The number of rotatable bonds is 8. The molecule has 4 rings (SSSR count). The first kappa shape index (κ1) is 21.6. The number of nitrogens with two attached hydrogens (primary N) is 1. The predicted molar refractivity (Wildman–Crippen MR) is 120 cm³/mol. The molecule has 0 saturated carbocycles. The highest BCUT2D eigenvalue weighted by atomic mass is 35.5. The molecule has 2 aromatic heterocycles. The van der Waals surface area contributed by atoms with Gasteiger partial charge in [-0.1, -0.05) is 22.9 Å². The number of ether oxygens (including phenoxy) is 3. The Labute approximate surface area is 192 Å². The average Bonchev–Trinajstić information content (AvgIpc) is 3.45. The lowest BCUT2D eigenvalue weighted by Crippen LogP contribution is -2.17. The van der Waals surface area contributed by atoms with Crippen LogP contribution in [-0.4, -0.2) is 39.9 Å². The minimum Gasteiger partial charge on any atom is -0.497 e. The lowest BCUT2D eigenvalue weighted by atomic mass is 10.2. The van der Waals surface area contributed by atoms with Crippen molar-refractivity contribution < 1.29 is 19.0 Å². The predicted octanol–water partition coefficient (Wildman–Crippen LogP) is 3.74. The summed E-state index contributed by atoms with van der Waals surface area (Å²) in [5.41, 5.74) is 6.33. The second kappa shape index (κ2) is 9.25. The number of carbonyl (C=O) groups excluding carboxylic acids is 1. The molecule has 1 amide bonds. The molecule has 0 saturated heterocycles. The Kier molecular flexibility index (Phi) is 6.24. The van der Waals surface area contributed by atoms with Crippen molar-refractivity contribution in [2.45, 2.75) is 6.61 Å². The van der Waals surface area contributed by atoms with Crippen molar-refractivity contribution in [2.75, 3.05) is 14.2 Å². The van der Waals surface area contributed by atoms with E-state index in [-0.39, 0.29) is 12.3 Å². The monoisotopic (exact) mass is 471 g/mol. The van der Waals surface area contributed by atoms with Crippen molar-refractivity contribution in [1.82, 2.24) is 19.7 Å². The van der Waals surface area contributed by atoms with Gasteiger partial charge in [-0.25, -0.2) is 4.98 Å². The molecule has 2 N–H and O–H groups in total. The Morgan fingerprint density at radius 3 is 2.53 bits per heavy atom. The maximum atomic E-state index is 12.1. The third-order valence-electron chi connectivity index (χ3n) is 4.48. The smallest absolute Gasteiger partial charge is 0.267 e. The Bertz CT molecular complexity index is 1260. The summed E-state index contributed by atoms with van der Waals surface area (Å²) in [6, 6.07) is 12.2. The molecule has 0 unspecified atom stereocenters. The third-order valence-corrected chi connectivity index (χ3v) is 5.62. The highest BCUT2D eigenvalue weighted by Crippen LogP contribution is 2.33. The van der Waals surface area contributed by atoms with Gasteiger partial charge in [0, 0.05) is 11.1 Å². The zero-order valence-corrected chi connectivity index (χ0v) is 18.7. The second-order valence-electron chi connectivity index (χ2n) is 6.45. The van der Waals surface area contributed by atoms with Crippen LogP contribution in [0.3, 0.4) is 0 Å². The number of nitrogens with zero attached hydrogens (tertiary/aromatic N) is 4. The van der Waals surface area contributed by atoms with Crippen molar-refractivity contribution in [1.29, 1.82) is 0 Å². The molecular weight excluding hydrogens is 454 g/mol. The van der Waals surface area contributed by atoms with Crippen LogP contribution in [0.5, 0.6) is 17.2 Å². The summed E-state index contributed by atoms with van der Waals surface area (Å²) in [6.07, 6.45) is 1.40. The molecule has 0 radical (unpaired) electrons. The second-order valence-corrected chi connectivity index (χ2v) is 7.95. The summed E-state index contributed by atoms with van der Waals surface area (Å²) < 4.78 is 18.1. The Balaban J connectivity index is 1.68. The van der Waals surface area contributed by atoms with E-state index in [1.54, 1.807) is 54.1 Å². The van der Waals surface area contributed by atoms with Gasteiger partial charge in [0.1, 0.15) is 29.5 Å². The van der Waals surface area contributed by atoms with Gasteiger partial charge >= 0.3 is 0 Å². The van der Waals surface area contributed by atoms with Gasteiger partial charge in [0.2, 0.25) is 0 Å². The highest BCUT2D eigenvalue weighted by Gasteiger charge is 2.23. The van der Waals surface area contributed by atoms with E-state index in [9.17, 15) is 4.79 Å². The van der Waals surface area contributed by atoms with Crippen LogP contribution >= 0.6 is 22.9 Å². The van der Waals surface area contributed by atoms with Crippen LogP contribution in [0.2, 0.25) is 5.02 Å². The lowest BCUT2D eigenvalue weighted by molar-refractivity contribution is 0.0994. The fourth-order valence-corrected chi connectivity index (χ4v) is 3.83. The number of amides is 1. The summed E-state index contributed by atoms with van der Waals surface area (Å²) in [5.74, 6) is 1.49. The van der Waals surface area contributed by atoms with Crippen molar-refractivity contribution in [3.8, 4) is 33.8 Å². The van der Waals surface area contributed by atoms with E-state index in [2.05, 4.69) is 15.2 Å². The van der Waals surface area contributed by atoms with Crippen LogP contribution in [0.15, 0.2) is 48.7 Å². The SMILES string of the molecule is COc1ccc(-n2c(C(N)=O)cnc2-c2nnc(COc3ccc(Cl)cc3)s2)c(OC)c1. The summed E-state index contributed by atoms with van der Waals surface area (Å²) in [7, 11) is 3.08. The maximum Gasteiger partial charge on any atom is 0.267 e. The molecule has 2 aromatic carbocycles. The summed E-state index contributed by atoms with van der Waals surface area (Å²) >= 11 is 7.18. The fourth-order valence-electron chi connectivity index (χ4n) is 2.97. The first-order valence-electron chi connectivity index (χ1n) is 9.31. The van der Waals surface area contributed by atoms with Crippen LogP contribution in [0.1, 0.15) is 15.5 Å². The van der Waals surface area contributed by atoms with Gasteiger partial charge in [-0.2, -0.15) is 0 Å². The number of aromatic nitrogens is 4. The molecule has 9 nitrogen and oxygen atoms in total. The average molecular weight is 472 g/mol. The van der Waals surface area contributed by atoms with E-state index >= 15 is 0 Å². The van der Waals surface area contributed by atoms with Crippen LogP contribution in [-0.2, 0) is 6.61 Å². The molecule has 0 aliphatic carbocycles. The van der Waals surface area contributed by atoms with E-state index in [0.29, 0.717) is 43.8 Å². The van der Waals surface area contributed by atoms with Gasteiger partial charge in [0.15, 0.2) is 15.8 Å². The molecule has 0 atom stereocenters. The van der Waals surface area contributed by atoms with E-state index in [0.717, 1.165) is 0 Å². The zero-order valence-electron chi connectivity index (χ0n) is 17.1. The number of carbonyl (C=O) groups is 1. The first-order valence-corrected chi connectivity index (χ1v) is 10.5. The maximum absolute atomic E-state index is 12.1. The van der Waals surface area contributed by atoms with Gasteiger partial charge < -0.3 is 19.9 Å². The molecule has 0 aliphatic heterocycles. The van der Waals surface area contributed by atoms with Crippen molar-refractivity contribution in [3.05, 3.63) is 64.4 Å². The Morgan fingerprint density at radius 2 is 1.84 bits per heavy atom. The van der Waals surface area contributed by atoms with Crippen LogP contribution < -0.4 is 19.9 Å². The van der Waals surface area contributed by atoms with Gasteiger partial charge in [-0.05, 0) is 36.4 Å². The van der Waals surface area contributed by atoms with Gasteiger partial charge in [0.25, 0.3) is 5.91 Å². The van der Waals surface area contributed by atoms with E-state index < -0.39 is 5.91 Å². The summed E-state index contributed by atoms with van der Waals surface area (Å²) in [5, 5.41) is 10.2. The Hall–Kier alpha value is -3.63. The lowest BCUT2D eigenvalue weighted by Gasteiger charge is -2.14. The molecule has 0 aliphatic rings. The molecule has 2 heterocycles. The molecule has 0 fully saturated rings. The molecule has 0 spiro atoms. The summed E-state index contributed by atoms with van der Waals surface area (Å²) in [4.78, 5) is 16.5. The minimum absolute atomic E-state index is 0.178. The van der Waals surface area contributed by atoms with Crippen molar-refractivity contribution >= 4 is 28.8 Å². The van der Waals surface area contributed by atoms with Gasteiger partial charge in [-0.15, -0.1) is 10.2 Å². The zero-order chi connectivity index (χ0) is 22.7. The third kappa shape index (κ3) is 4.36. The van der Waals surface area contributed by atoms with Crippen LogP contribution in [0.4, 0.5) is 0 Å². The number of imidazole rings is 1. The molecule has 4 aromatic rings. The fraction of sp³-hybridized carbons (Fsp3) is 0.143. The first-order chi connectivity index (χ1) is 15.5. The number of methoxy groups -OCH3 is 2. The molecule has 11 heteroatoms. The standard InChI is InChI=1S/C21H18ClN5O4S/c1-29-14-7-8-15(17(9-14)30-2)27-16(19(23)28)10-24-20(27)21-26-25-18(32-21)11-31-13-5-3-12(22)4-6-13/h3-10H,11H2,1-2H3,(H2,23,28). The molecule has 32 heavy (non-hydrogen) atoms. The normalized spacial score (nSPS) is 10.7. The highest BCUT2D eigenvalue weighted by molar-refractivity contribution is 7.14. The number of hydrogen-bond acceptors (Lipinski definition) is 8. The van der Waals surface area contributed by atoms with Crippen molar-refractivity contribution in [3.63, 3.8) is 0 Å². The number of halogens is 1. The quantitative estimate of drug-likeness (QED) is 0.416. The van der Waals surface area contributed by atoms with Gasteiger partial charge in [0.05, 0.1) is 26.1 Å². The van der Waals surface area contributed by atoms with Gasteiger partial charge in [-0.3, -0.25) is 9.36 Å². The van der Waals surface area contributed by atoms with E-state index in [4.69, 9.17) is 31.5 Å². The van der Waals surface area contributed by atoms with Crippen LogP contribution in [0.25, 0.3) is 16.5 Å².